The number of hydrogen-bond donors (Lipinski definition) is 1. The first-order valence-electron chi connectivity index (χ1n) is 7.19. The average molecular weight is 268 g/mol. The standard InChI is InChI=1S/C14H24N2O3/c1-9(2)12-13(17)15-10(3)14(18)16(12)7-11-5-4-6-19-8-11/h9-12H,4-8H2,1-3H3,(H,15,17). The minimum absolute atomic E-state index is 0.0289. The van der Waals surface area contributed by atoms with Crippen LogP contribution in [0.25, 0.3) is 0 Å². The molecule has 2 rings (SSSR count). The van der Waals surface area contributed by atoms with Crippen molar-refractivity contribution in [3.63, 3.8) is 0 Å². The van der Waals surface area contributed by atoms with E-state index in [4.69, 9.17) is 4.74 Å². The first-order chi connectivity index (χ1) is 9.00. The van der Waals surface area contributed by atoms with Gasteiger partial charge in [0, 0.05) is 13.2 Å². The largest absolute Gasteiger partial charge is 0.381 e. The maximum Gasteiger partial charge on any atom is 0.245 e. The van der Waals surface area contributed by atoms with E-state index in [0.29, 0.717) is 19.1 Å². The third kappa shape index (κ3) is 3.08. The van der Waals surface area contributed by atoms with Crippen molar-refractivity contribution in [2.45, 2.75) is 45.7 Å². The van der Waals surface area contributed by atoms with E-state index in [1.54, 1.807) is 11.8 Å². The minimum atomic E-state index is -0.410. The van der Waals surface area contributed by atoms with E-state index in [9.17, 15) is 9.59 Å². The van der Waals surface area contributed by atoms with Crippen LogP contribution in [0.3, 0.4) is 0 Å². The molecular weight excluding hydrogens is 244 g/mol. The fourth-order valence-corrected chi connectivity index (χ4v) is 2.98. The van der Waals surface area contributed by atoms with Crippen LogP contribution in [0.15, 0.2) is 0 Å². The molecule has 0 aromatic rings. The molecule has 3 atom stereocenters. The monoisotopic (exact) mass is 268 g/mol. The summed E-state index contributed by atoms with van der Waals surface area (Å²) in [5, 5.41) is 2.77. The molecule has 2 amide bonds. The van der Waals surface area contributed by atoms with E-state index in [-0.39, 0.29) is 23.8 Å². The van der Waals surface area contributed by atoms with Crippen LogP contribution >= 0.6 is 0 Å². The lowest BCUT2D eigenvalue weighted by Crippen LogP contribution is -2.64. The van der Waals surface area contributed by atoms with Gasteiger partial charge in [0.2, 0.25) is 11.8 Å². The lowest BCUT2D eigenvalue weighted by atomic mass is 9.94. The van der Waals surface area contributed by atoms with Crippen molar-refractivity contribution in [2.24, 2.45) is 11.8 Å². The third-order valence-corrected chi connectivity index (χ3v) is 3.96. The minimum Gasteiger partial charge on any atom is -0.381 e. The molecule has 0 saturated carbocycles. The highest BCUT2D eigenvalue weighted by molar-refractivity contribution is 5.96. The van der Waals surface area contributed by atoms with Gasteiger partial charge in [0.05, 0.1) is 6.61 Å². The van der Waals surface area contributed by atoms with Gasteiger partial charge >= 0.3 is 0 Å². The fourth-order valence-electron chi connectivity index (χ4n) is 2.98. The Bertz CT molecular complexity index is 351. The molecule has 0 aliphatic carbocycles. The van der Waals surface area contributed by atoms with Crippen molar-refractivity contribution in [3.8, 4) is 0 Å². The van der Waals surface area contributed by atoms with Crippen LogP contribution in [0.5, 0.6) is 0 Å². The highest BCUT2D eigenvalue weighted by atomic mass is 16.5. The van der Waals surface area contributed by atoms with E-state index in [2.05, 4.69) is 5.32 Å². The van der Waals surface area contributed by atoms with E-state index >= 15 is 0 Å². The van der Waals surface area contributed by atoms with Crippen molar-refractivity contribution >= 4 is 11.8 Å². The molecule has 5 nitrogen and oxygen atoms in total. The second kappa shape index (κ2) is 5.90. The maximum atomic E-state index is 12.3. The van der Waals surface area contributed by atoms with Crippen LogP contribution < -0.4 is 5.32 Å². The molecule has 0 aromatic heterocycles. The Morgan fingerprint density at radius 3 is 2.74 bits per heavy atom. The van der Waals surface area contributed by atoms with Gasteiger partial charge < -0.3 is 15.0 Å². The second-order valence-corrected chi connectivity index (χ2v) is 5.99. The number of nitrogens with zero attached hydrogens (tertiary/aromatic N) is 1. The van der Waals surface area contributed by atoms with E-state index in [0.717, 1.165) is 19.4 Å². The smallest absolute Gasteiger partial charge is 0.245 e. The van der Waals surface area contributed by atoms with Gasteiger partial charge in [-0.3, -0.25) is 9.59 Å². The average Bonchev–Trinajstić information content (AvgIpc) is 2.36. The summed E-state index contributed by atoms with van der Waals surface area (Å²) in [5.41, 5.74) is 0. The van der Waals surface area contributed by atoms with Crippen molar-refractivity contribution < 1.29 is 14.3 Å². The second-order valence-electron chi connectivity index (χ2n) is 5.99. The van der Waals surface area contributed by atoms with Gasteiger partial charge in [-0.15, -0.1) is 0 Å². The van der Waals surface area contributed by atoms with E-state index in [1.165, 1.54) is 0 Å². The maximum absolute atomic E-state index is 12.3. The summed E-state index contributed by atoms with van der Waals surface area (Å²) in [7, 11) is 0. The molecule has 1 N–H and O–H groups in total. The molecule has 2 fully saturated rings. The van der Waals surface area contributed by atoms with Gasteiger partial charge in [-0.05, 0) is 31.6 Å². The Kier molecular flexibility index (Phi) is 4.45. The number of ether oxygens (including phenoxy) is 1. The first kappa shape index (κ1) is 14.3. The summed E-state index contributed by atoms with van der Waals surface area (Å²) >= 11 is 0. The topological polar surface area (TPSA) is 58.6 Å². The van der Waals surface area contributed by atoms with Crippen LogP contribution in [0, 0.1) is 11.8 Å². The molecular formula is C14H24N2O3. The first-order valence-corrected chi connectivity index (χ1v) is 7.19. The van der Waals surface area contributed by atoms with Gasteiger partial charge in [-0.2, -0.15) is 0 Å². The van der Waals surface area contributed by atoms with Crippen molar-refractivity contribution in [2.75, 3.05) is 19.8 Å². The van der Waals surface area contributed by atoms with Crippen LogP contribution in [0.1, 0.15) is 33.6 Å². The van der Waals surface area contributed by atoms with Crippen LogP contribution in [0.4, 0.5) is 0 Å². The Labute approximate surface area is 114 Å². The molecule has 5 heteroatoms. The van der Waals surface area contributed by atoms with Gasteiger partial charge in [0.15, 0.2) is 0 Å². The normalized spacial score (nSPS) is 32.6. The number of hydrogen-bond acceptors (Lipinski definition) is 3. The quantitative estimate of drug-likeness (QED) is 0.823. The summed E-state index contributed by atoms with van der Waals surface area (Å²) in [6.45, 7) is 7.87. The van der Waals surface area contributed by atoms with Gasteiger partial charge in [0.25, 0.3) is 0 Å². The Hall–Kier alpha value is -1.10. The predicted octanol–water partition coefficient (Wildman–Crippen LogP) is 0.784. The molecule has 2 heterocycles. The van der Waals surface area contributed by atoms with Gasteiger partial charge in [-0.25, -0.2) is 0 Å². The molecule has 0 aromatic carbocycles. The summed E-state index contributed by atoms with van der Waals surface area (Å²) in [6, 6.07) is -0.752. The van der Waals surface area contributed by atoms with Gasteiger partial charge in [0.1, 0.15) is 12.1 Å². The predicted molar refractivity (Wildman–Crippen MR) is 71.5 cm³/mol. The van der Waals surface area contributed by atoms with Crippen molar-refractivity contribution in [1.82, 2.24) is 10.2 Å². The van der Waals surface area contributed by atoms with E-state index < -0.39 is 6.04 Å². The lowest BCUT2D eigenvalue weighted by molar-refractivity contribution is -0.152. The molecule has 2 aliphatic rings. The Balaban J connectivity index is 2.11. The molecule has 0 spiro atoms. The number of carbonyl (C=O) groups is 2. The number of piperazine rings is 1. The third-order valence-electron chi connectivity index (χ3n) is 3.96. The molecule has 2 aliphatic heterocycles. The lowest BCUT2D eigenvalue weighted by Gasteiger charge is -2.42. The van der Waals surface area contributed by atoms with Crippen LogP contribution in [-0.2, 0) is 14.3 Å². The number of nitrogens with one attached hydrogen (secondary N) is 1. The highest BCUT2D eigenvalue weighted by Crippen LogP contribution is 2.22. The number of amides is 2. The SMILES string of the molecule is CC1NC(=O)C(C(C)C)N(CC2CCCOC2)C1=O. The molecule has 19 heavy (non-hydrogen) atoms. The number of carbonyl (C=O) groups excluding carboxylic acids is 2. The Morgan fingerprint density at radius 1 is 1.42 bits per heavy atom. The summed E-state index contributed by atoms with van der Waals surface area (Å²) in [5.74, 6) is 0.487. The number of rotatable bonds is 3. The fraction of sp³-hybridized carbons (Fsp3) is 0.857. The molecule has 3 unspecified atom stereocenters. The van der Waals surface area contributed by atoms with Gasteiger partial charge in [-0.1, -0.05) is 13.8 Å². The molecule has 108 valence electrons. The van der Waals surface area contributed by atoms with Crippen LogP contribution in [0.2, 0.25) is 0 Å². The molecule has 0 radical (unpaired) electrons. The van der Waals surface area contributed by atoms with Crippen molar-refractivity contribution in [1.29, 1.82) is 0 Å². The summed E-state index contributed by atoms with van der Waals surface area (Å²) < 4.78 is 5.47. The van der Waals surface area contributed by atoms with Crippen LogP contribution in [-0.4, -0.2) is 48.6 Å². The van der Waals surface area contributed by atoms with E-state index in [1.807, 2.05) is 13.8 Å². The summed E-state index contributed by atoms with van der Waals surface area (Å²) in [6.07, 6.45) is 2.12. The van der Waals surface area contributed by atoms with Crippen molar-refractivity contribution in [3.05, 3.63) is 0 Å². The highest BCUT2D eigenvalue weighted by Gasteiger charge is 2.40. The summed E-state index contributed by atoms with van der Waals surface area (Å²) in [4.78, 5) is 26.2. The molecule has 2 saturated heterocycles. The zero-order valence-corrected chi connectivity index (χ0v) is 12.0. The zero-order chi connectivity index (χ0) is 14.0. The zero-order valence-electron chi connectivity index (χ0n) is 12.0. The Morgan fingerprint density at radius 2 is 2.16 bits per heavy atom. The molecule has 0 bridgehead atoms.